The molecule has 1 N–H and O–H groups in total. The van der Waals surface area contributed by atoms with Crippen molar-refractivity contribution in [1.29, 1.82) is 0 Å². The molecule has 4 nitrogen and oxygen atoms in total. The summed E-state index contributed by atoms with van der Waals surface area (Å²) in [5, 5.41) is 2.82. The van der Waals surface area contributed by atoms with Crippen LogP contribution in [0.4, 0.5) is 10.1 Å². The van der Waals surface area contributed by atoms with Crippen molar-refractivity contribution >= 4 is 23.2 Å². The minimum absolute atomic E-state index is 0.115. The van der Waals surface area contributed by atoms with E-state index in [0.29, 0.717) is 11.4 Å². The van der Waals surface area contributed by atoms with Gasteiger partial charge in [0.25, 0.3) is 5.91 Å². The van der Waals surface area contributed by atoms with E-state index in [-0.39, 0.29) is 16.7 Å². The van der Waals surface area contributed by atoms with Crippen LogP contribution in [-0.2, 0) is 4.79 Å². The van der Waals surface area contributed by atoms with Crippen molar-refractivity contribution in [3.63, 3.8) is 0 Å². The van der Waals surface area contributed by atoms with Gasteiger partial charge in [-0.3, -0.25) is 4.79 Å². The van der Waals surface area contributed by atoms with Gasteiger partial charge in [-0.05, 0) is 49.4 Å². The molecule has 1 unspecified atom stereocenters. The third kappa shape index (κ3) is 4.11. The summed E-state index contributed by atoms with van der Waals surface area (Å²) in [6, 6.07) is 10.6. The highest BCUT2D eigenvalue weighted by Crippen LogP contribution is 2.26. The summed E-state index contributed by atoms with van der Waals surface area (Å²) in [7, 11) is 1.57. The first-order chi connectivity index (χ1) is 10.5. The molecule has 0 heterocycles. The topological polar surface area (TPSA) is 47.6 Å². The van der Waals surface area contributed by atoms with Crippen molar-refractivity contribution < 1.29 is 18.7 Å². The highest BCUT2D eigenvalue weighted by Gasteiger charge is 2.16. The van der Waals surface area contributed by atoms with E-state index in [2.05, 4.69) is 5.32 Å². The van der Waals surface area contributed by atoms with Crippen LogP contribution in [0.2, 0.25) is 5.02 Å². The second-order valence-corrected chi connectivity index (χ2v) is 4.96. The lowest BCUT2D eigenvalue weighted by Crippen LogP contribution is -2.30. The monoisotopic (exact) mass is 323 g/mol. The van der Waals surface area contributed by atoms with Gasteiger partial charge in [0.15, 0.2) is 6.10 Å². The molecule has 0 aromatic heterocycles. The van der Waals surface area contributed by atoms with E-state index in [1.807, 2.05) is 0 Å². The highest BCUT2D eigenvalue weighted by atomic mass is 35.5. The second-order valence-electron chi connectivity index (χ2n) is 4.55. The Bertz CT molecular complexity index is 661. The fourth-order valence-electron chi connectivity index (χ4n) is 1.73. The Kier molecular flexibility index (Phi) is 5.22. The minimum Gasteiger partial charge on any atom is -0.497 e. The first-order valence-corrected chi connectivity index (χ1v) is 6.94. The Morgan fingerprint density at radius 3 is 2.50 bits per heavy atom. The molecule has 0 radical (unpaired) electrons. The zero-order chi connectivity index (χ0) is 16.1. The summed E-state index contributed by atoms with van der Waals surface area (Å²) in [5.41, 5.74) is 0.617. The van der Waals surface area contributed by atoms with Crippen LogP contribution in [0.15, 0.2) is 42.5 Å². The molecule has 0 saturated heterocycles. The lowest BCUT2D eigenvalue weighted by Gasteiger charge is -2.15. The number of halogens is 2. The number of carbonyl (C=O) groups is 1. The van der Waals surface area contributed by atoms with Crippen LogP contribution in [-0.4, -0.2) is 19.1 Å². The van der Waals surface area contributed by atoms with Gasteiger partial charge in [0.2, 0.25) is 0 Å². The second kappa shape index (κ2) is 7.13. The van der Waals surface area contributed by atoms with Gasteiger partial charge >= 0.3 is 0 Å². The van der Waals surface area contributed by atoms with Gasteiger partial charge < -0.3 is 14.8 Å². The summed E-state index contributed by atoms with van der Waals surface area (Å²) in [6.45, 7) is 1.58. The maximum atomic E-state index is 13.0. The number of ether oxygens (including phenoxy) is 2. The molecule has 0 aliphatic rings. The molecule has 0 aliphatic carbocycles. The molecule has 0 fully saturated rings. The van der Waals surface area contributed by atoms with E-state index >= 15 is 0 Å². The van der Waals surface area contributed by atoms with E-state index in [0.717, 1.165) is 6.07 Å². The molecule has 0 spiro atoms. The fourth-order valence-corrected chi connectivity index (χ4v) is 1.94. The Morgan fingerprint density at radius 1 is 1.23 bits per heavy atom. The summed E-state index contributed by atoms with van der Waals surface area (Å²) >= 11 is 5.86. The van der Waals surface area contributed by atoms with Crippen LogP contribution in [0.25, 0.3) is 0 Å². The maximum absolute atomic E-state index is 13.0. The molecule has 1 amide bonds. The van der Waals surface area contributed by atoms with Gasteiger partial charge in [0, 0.05) is 5.69 Å². The maximum Gasteiger partial charge on any atom is 0.265 e. The number of hydrogen-bond donors (Lipinski definition) is 1. The first kappa shape index (κ1) is 16.1. The summed E-state index contributed by atoms with van der Waals surface area (Å²) in [4.78, 5) is 12.1. The number of nitrogens with one attached hydrogen (secondary N) is 1. The number of carbonyl (C=O) groups excluding carboxylic acids is 1. The number of rotatable bonds is 5. The van der Waals surface area contributed by atoms with Crippen molar-refractivity contribution in [1.82, 2.24) is 0 Å². The number of anilines is 1. The SMILES string of the molecule is COc1ccc(NC(=O)C(C)Oc2ccc(F)cc2Cl)cc1. The van der Waals surface area contributed by atoms with Crippen LogP contribution in [0.5, 0.6) is 11.5 Å². The standard InChI is InChI=1S/C16H15ClFNO3/c1-10(22-15-8-3-11(18)9-14(15)17)16(20)19-12-4-6-13(21-2)7-5-12/h3-10H,1-2H3,(H,19,20). The zero-order valence-electron chi connectivity index (χ0n) is 12.1. The molecule has 0 saturated carbocycles. The van der Waals surface area contributed by atoms with Crippen molar-refractivity contribution in [3.05, 3.63) is 53.3 Å². The molecule has 0 bridgehead atoms. The summed E-state index contributed by atoms with van der Waals surface area (Å²) < 4.78 is 23.4. The predicted molar refractivity (Wildman–Crippen MR) is 83.1 cm³/mol. The third-order valence-electron chi connectivity index (χ3n) is 2.92. The van der Waals surface area contributed by atoms with Crippen molar-refractivity contribution in [2.75, 3.05) is 12.4 Å². The number of methoxy groups -OCH3 is 1. The van der Waals surface area contributed by atoms with E-state index in [9.17, 15) is 9.18 Å². The molecule has 2 aromatic rings. The van der Waals surface area contributed by atoms with Crippen molar-refractivity contribution in [3.8, 4) is 11.5 Å². The predicted octanol–water partition coefficient (Wildman–Crippen LogP) is 3.89. The van der Waals surface area contributed by atoms with E-state index < -0.39 is 11.9 Å². The Hall–Kier alpha value is -2.27. The molecule has 2 rings (SSSR count). The Balaban J connectivity index is 1.99. The number of benzene rings is 2. The average Bonchev–Trinajstić information content (AvgIpc) is 2.50. The first-order valence-electron chi connectivity index (χ1n) is 6.56. The van der Waals surface area contributed by atoms with Crippen LogP contribution in [0.1, 0.15) is 6.92 Å². The van der Waals surface area contributed by atoms with E-state index in [1.165, 1.54) is 12.1 Å². The Morgan fingerprint density at radius 2 is 1.91 bits per heavy atom. The van der Waals surface area contributed by atoms with Crippen LogP contribution >= 0.6 is 11.6 Å². The molecular formula is C16H15ClFNO3. The van der Waals surface area contributed by atoms with Gasteiger partial charge in [-0.15, -0.1) is 0 Å². The highest BCUT2D eigenvalue weighted by molar-refractivity contribution is 6.32. The number of amides is 1. The average molecular weight is 324 g/mol. The lowest BCUT2D eigenvalue weighted by atomic mass is 10.2. The molecule has 2 aromatic carbocycles. The van der Waals surface area contributed by atoms with E-state index in [4.69, 9.17) is 21.1 Å². The van der Waals surface area contributed by atoms with Gasteiger partial charge in [-0.25, -0.2) is 4.39 Å². The Labute approximate surface area is 132 Å². The zero-order valence-corrected chi connectivity index (χ0v) is 12.9. The molecule has 116 valence electrons. The van der Waals surface area contributed by atoms with Gasteiger partial charge in [0.1, 0.15) is 17.3 Å². The minimum atomic E-state index is -0.787. The molecular weight excluding hydrogens is 309 g/mol. The fraction of sp³-hybridized carbons (Fsp3) is 0.188. The molecule has 6 heteroatoms. The number of hydrogen-bond acceptors (Lipinski definition) is 3. The van der Waals surface area contributed by atoms with Crippen LogP contribution in [0.3, 0.4) is 0 Å². The van der Waals surface area contributed by atoms with Crippen LogP contribution in [0, 0.1) is 5.82 Å². The molecule has 0 aliphatic heterocycles. The lowest BCUT2D eigenvalue weighted by molar-refractivity contribution is -0.122. The summed E-state index contributed by atoms with van der Waals surface area (Å²) in [6.07, 6.45) is -0.787. The smallest absolute Gasteiger partial charge is 0.265 e. The molecule has 1 atom stereocenters. The summed E-state index contributed by atoms with van der Waals surface area (Å²) in [5.74, 6) is 0.138. The largest absolute Gasteiger partial charge is 0.497 e. The third-order valence-corrected chi connectivity index (χ3v) is 3.22. The van der Waals surface area contributed by atoms with Gasteiger partial charge in [0.05, 0.1) is 12.1 Å². The van der Waals surface area contributed by atoms with Crippen LogP contribution < -0.4 is 14.8 Å². The van der Waals surface area contributed by atoms with Crippen molar-refractivity contribution in [2.24, 2.45) is 0 Å². The van der Waals surface area contributed by atoms with E-state index in [1.54, 1.807) is 38.3 Å². The molecule has 22 heavy (non-hydrogen) atoms. The van der Waals surface area contributed by atoms with Gasteiger partial charge in [-0.1, -0.05) is 11.6 Å². The normalized spacial score (nSPS) is 11.6. The quantitative estimate of drug-likeness (QED) is 0.908. The van der Waals surface area contributed by atoms with Gasteiger partial charge in [-0.2, -0.15) is 0 Å². The van der Waals surface area contributed by atoms with Crippen molar-refractivity contribution in [2.45, 2.75) is 13.0 Å².